The predicted molar refractivity (Wildman–Crippen MR) is 131 cm³/mol. The zero-order valence-corrected chi connectivity index (χ0v) is 21.0. The second-order valence-corrected chi connectivity index (χ2v) is 10.3. The maximum absolute atomic E-state index is 13.3. The van der Waals surface area contributed by atoms with Gasteiger partial charge in [0.25, 0.3) is 0 Å². The van der Waals surface area contributed by atoms with Crippen LogP contribution in [0.1, 0.15) is 55.7 Å². The Morgan fingerprint density at radius 3 is 2.50 bits per heavy atom. The van der Waals surface area contributed by atoms with E-state index in [1.165, 1.54) is 5.56 Å². The van der Waals surface area contributed by atoms with Crippen molar-refractivity contribution in [3.8, 4) is 11.5 Å². The molecule has 1 unspecified atom stereocenters. The zero-order chi connectivity index (χ0) is 24.6. The van der Waals surface area contributed by atoms with E-state index in [2.05, 4.69) is 32.9 Å². The van der Waals surface area contributed by atoms with E-state index < -0.39 is 0 Å². The minimum atomic E-state index is -0.290. The largest absolute Gasteiger partial charge is 0.493 e. The van der Waals surface area contributed by atoms with Gasteiger partial charge in [-0.05, 0) is 42.0 Å². The molecule has 6 heteroatoms. The van der Waals surface area contributed by atoms with Gasteiger partial charge in [-0.15, -0.1) is 0 Å². The molecule has 0 aromatic heterocycles. The van der Waals surface area contributed by atoms with Crippen molar-refractivity contribution in [2.45, 2.75) is 52.6 Å². The smallest absolute Gasteiger partial charge is 0.242 e. The summed E-state index contributed by atoms with van der Waals surface area (Å²) in [6, 6.07) is 13.9. The molecule has 1 atom stereocenters. The molecule has 2 aromatic carbocycles. The van der Waals surface area contributed by atoms with E-state index >= 15 is 0 Å². The summed E-state index contributed by atoms with van der Waals surface area (Å²) in [6.45, 7) is 6.65. The third-order valence-electron chi connectivity index (χ3n) is 6.58. The molecule has 0 bridgehead atoms. The van der Waals surface area contributed by atoms with Gasteiger partial charge in [0.1, 0.15) is 6.61 Å². The number of ketones is 1. The van der Waals surface area contributed by atoms with Crippen molar-refractivity contribution < 1.29 is 19.1 Å². The Labute approximate surface area is 202 Å². The fourth-order valence-corrected chi connectivity index (χ4v) is 5.13. The summed E-state index contributed by atoms with van der Waals surface area (Å²) in [5.41, 5.74) is 4.55. The van der Waals surface area contributed by atoms with E-state index in [0.29, 0.717) is 30.9 Å². The molecule has 1 aliphatic heterocycles. The Morgan fingerprint density at radius 2 is 1.82 bits per heavy atom. The second kappa shape index (κ2) is 9.26. The number of hydrogen-bond donors (Lipinski definition) is 0. The molecule has 0 saturated carbocycles. The van der Waals surface area contributed by atoms with Crippen LogP contribution in [0.2, 0.25) is 0 Å². The molecule has 34 heavy (non-hydrogen) atoms. The number of ether oxygens (including phenoxy) is 2. The quantitative estimate of drug-likeness (QED) is 0.603. The molecule has 2 aromatic rings. The predicted octanol–water partition coefficient (Wildman–Crippen LogP) is 5.02. The Balaban J connectivity index is 1.68. The number of carbonyl (C=O) groups excluding carboxylic acids is 2. The highest BCUT2D eigenvalue weighted by molar-refractivity contribution is 6.02. The SMILES string of the molecule is COc1cc(C2CC(=O)N(N(C)C)C3=C2C(=O)CC(C)(C)C3)ccc1OCc1cccc(C)c1. The van der Waals surface area contributed by atoms with Crippen molar-refractivity contribution in [3.63, 3.8) is 0 Å². The molecule has 1 aliphatic carbocycles. The van der Waals surface area contributed by atoms with E-state index in [9.17, 15) is 9.59 Å². The number of carbonyl (C=O) groups is 2. The summed E-state index contributed by atoms with van der Waals surface area (Å²) in [5, 5.41) is 3.46. The number of aryl methyl sites for hydroxylation is 1. The fourth-order valence-electron chi connectivity index (χ4n) is 5.13. The van der Waals surface area contributed by atoms with Crippen LogP contribution in [0.5, 0.6) is 11.5 Å². The van der Waals surface area contributed by atoms with Gasteiger partial charge in [0.2, 0.25) is 5.91 Å². The van der Waals surface area contributed by atoms with Crippen LogP contribution in [0.4, 0.5) is 0 Å². The van der Waals surface area contributed by atoms with Gasteiger partial charge < -0.3 is 9.47 Å². The van der Waals surface area contributed by atoms with Gasteiger partial charge in [0.05, 0.1) is 7.11 Å². The van der Waals surface area contributed by atoms with E-state index in [1.807, 2.05) is 44.4 Å². The number of hydrazine groups is 1. The Kier molecular flexibility index (Phi) is 6.54. The molecule has 0 spiro atoms. The molecule has 1 heterocycles. The fraction of sp³-hybridized carbons (Fsp3) is 0.429. The van der Waals surface area contributed by atoms with E-state index in [-0.39, 0.29) is 29.4 Å². The number of nitrogens with zero attached hydrogens (tertiary/aromatic N) is 2. The zero-order valence-electron chi connectivity index (χ0n) is 21.0. The lowest BCUT2D eigenvalue weighted by Crippen LogP contribution is -2.49. The number of allylic oxidation sites excluding steroid dienone is 2. The van der Waals surface area contributed by atoms with Crippen LogP contribution < -0.4 is 9.47 Å². The number of rotatable bonds is 6. The van der Waals surface area contributed by atoms with Crippen molar-refractivity contribution in [3.05, 3.63) is 70.4 Å². The number of Topliss-reactive ketones (excluding diaryl/α,β-unsaturated/α-hetero) is 1. The van der Waals surface area contributed by atoms with Gasteiger partial charge in [-0.2, -0.15) is 0 Å². The minimum Gasteiger partial charge on any atom is -0.493 e. The number of benzene rings is 2. The van der Waals surface area contributed by atoms with Crippen LogP contribution >= 0.6 is 0 Å². The van der Waals surface area contributed by atoms with Crippen LogP contribution in [-0.4, -0.2) is 42.9 Å². The highest BCUT2D eigenvalue weighted by Gasteiger charge is 2.44. The minimum absolute atomic E-state index is 0.00186. The van der Waals surface area contributed by atoms with Crippen molar-refractivity contribution >= 4 is 11.7 Å². The molecular formula is C28H34N2O4. The molecule has 4 rings (SSSR count). The molecule has 0 fully saturated rings. The first-order valence-electron chi connectivity index (χ1n) is 11.7. The molecule has 2 aliphatic rings. The van der Waals surface area contributed by atoms with E-state index in [1.54, 1.807) is 17.1 Å². The first kappa shape index (κ1) is 24.0. The third-order valence-corrected chi connectivity index (χ3v) is 6.58. The Bertz CT molecular complexity index is 1150. The number of methoxy groups -OCH3 is 1. The van der Waals surface area contributed by atoms with Gasteiger partial charge in [-0.25, -0.2) is 10.0 Å². The maximum Gasteiger partial charge on any atom is 0.242 e. The monoisotopic (exact) mass is 462 g/mol. The normalized spacial score (nSPS) is 20.0. The van der Waals surface area contributed by atoms with Gasteiger partial charge in [0.15, 0.2) is 17.3 Å². The molecule has 6 nitrogen and oxygen atoms in total. The standard InChI is InChI=1S/C28H34N2O4/c1-18-8-7-9-19(12-18)17-34-24-11-10-20(13-25(24)33-6)21-14-26(32)30(29(4)5)22-15-28(2,3)16-23(31)27(21)22/h7-13,21H,14-17H2,1-6H3. The van der Waals surface area contributed by atoms with Gasteiger partial charge >= 0.3 is 0 Å². The van der Waals surface area contributed by atoms with Crippen molar-refractivity contribution in [2.75, 3.05) is 21.2 Å². The maximum atomic E-state index is 13.3. The second-order valence-electron chi connectivity index (χ2n) is 10.3. The van der Waals surface area contributed by atoms with Crippen molar-refractivity contribution in [2.24, 2.45) is 5.41 Å². The van der Waals surface area contributed by atoms with Gasteiger partial charge in [0, 0.05) is 44.1 Å². The lowest BCUT2D eigenvalue weighted by Gasteiger charge is -2.44. The summed E-state index contributed by atoms with van der Waals surface area (Å²) in [6.07, 6.45) is 1.41. The summed E-state index contributed by atoms with van der Waals surface area (Å²) in [7, 11) is 5.30. The molecule has 180 valence electrons. The number of hydrogen-bond acceptors (Lipinski definition) is 5. The summed E-state index contributed by atoms with van der Waals surface area (Å²) >= 11 is 0. The third kappa shape index (κ3) is 4.73. The number of amides is 1. The average molecular weight is 463 g/mol. The molecule has 0 saturated heterocycles. The van der Waals surface area contributed by atoms with Crippen LogP contribution in [0.15, 0.2) is 53.7 Å². The average Bonchev–Trinajstić information content (AvgIpc) is 2.75. The highest BCUT2D eigenvalue weighted by atomic mass is 16.5. The lowest BCUT2D eigenvalue weighted by atomic mass is 9.69. The first-order valence-corrected chi connectivity index (χ1v) is 11.7. The van der Waals surface area contributed by atoms with Crippen molar-refractivity contribution in [1.82, 2.24) is 10.0 Å². The van der Waals surface area contributed by atoms with Gasteiger partial charge in [-0.1, -0.05) is 49.7 Å². The van der Waals surface area contributed by atoms with Gasteiger partial charge in [-0.3, -0.25) is 9.59 Å². The van der Waals surface area contributed by atoms with Crippen LogP contribution in [0.3, 0.4) is 0 Å². The molecule has 0 radical (unpaired) electrons. The van der Waals surface area contributed by atoms with Crippen molar-refractivity contribution in [1.29, 1.82) is 0 Å². The van der Waals surface area contributed by atoms with Crippen LogP contribution in [0, 0.1) is 12.3 Å². The molecule has 0 N–H and O–H groups in total. The summed E-state index contributed by atoms with van der Waals surface area (Å²) in [5.74, 6) is 1.06. The molecular weight excluding hydrogens is 428 g/mol. The van der Waals surface area contributed by atoms with Crippen LogP contribution in [-0.2, 0) is 16.2 Å². The first-order chi connectivity index (χ1) is 16.1. The summed E-state index contributed by atoms with van der Waals surface area (Å²) < 4.78 is 11.7. The summed E-state index contributed by atoms with van der Waals surface area (Å²) in [4.78, 5) is 26.5. The highest BCUT2D eigenvalue weighted by Crippen LogP contribution is 2.48. The molecule has 1 amide bonds. The Morgan fingerprint density at radius 1 is 1.06 bits per heavy atom. The Hall–Kier alpha value is -3.12. The van der Waals surface area contributed by atoms with E-state index in [0.717, 1.165) is 22.4 Å². The van der Waals surface area contributed by atoms with E-state index in [4.69, 9.17) is 9.47 Å². The lowest BCUT2D eigenvalue weighted by molar-refractivity contribution is -0.143. The topological polar surface area (TPSA) is 59.1 Å². The van der Waals surface area contributed by atoms with Crippen LogP contribution in [0.25, 0.3) is 0 Å².